The molecular formula is C46H30O2. The van der Waals surface area contributed by atoms with Crippen LogP contribution in [0.2, 0.25) is 0 Å². The molecule has 0 unspecified atom stereocenters. The second-order valence-corrected chi connectivity index (χ2v) is 12.0. The number of hydrogen-bond acceptors (Lipinski definition) is 2. The molecule has 0 spiro atoms. The second kappa shape index (κ2) is 11.9. The molecule has 1 aliphatic carbocycles. The van der Waals surface area contributed by atoms with Gasteiger partial charge in [0.05, 0.1) is 0 Å². The minimum Gasteiger partial charge on any atom is -0.376 e. The largest absolute Gasteiger partial charge is 0.376 e. The Balaban J connectivity index is 1.41. The smallest absolute Gasteiger partial charge is 0.178 e. The number of aliphatic hydroxyl groups is 2. The Bertz CT molecular complexity index is 2430. The van der Waals surface area contributed by atoms with Crippen molar-refractivity contribution in [1.82, 2.24) is 0 Å². The van der Waals surface area contributed by atoms with Gasteiger partial charge >= 0.3 is 0 Å². The van der Waals surface area contributed by atoms with Crippen molar-refractivity contribution in [2.75, 3.05) is 0 Å². The first kappa shape index (κ1) is 29.3. The van der Waals surface area contributed by atoms with E-state index in [9.17, 15) is 10.2 Å². The standard InChI is InChI=1S/C46H30O2/c47-45(36-20-6-2-7-21-36,42-26-14-11-18-34(42)29-28-33-16-4-1-5-17-33)31-30-40-38-24-12-10-19-35(38)32-41-39-25-13-15-27-43(39)46(48,44(40)41)37-22-8-3-9-23-37/h1-27,32,47-48H/t45-,46-/m1/s1. The van der Waals surface area contributed by atoms with E-state index in [1.165, 1.54) is 0 Å². The van der Waals surface area contributed by atoms with Crippen LogP contribution in [0.5, 0.6) is 0 Å². The fourth-order valence-electron chi connectivity index (χ4n) is 6.91. The number of fused-ring (bicyclic) bond motifs is 4. The first-order valence-corrected chi connectivity index (χ1v) is 16.0. The fraction of sp³-hybridized carbons (Fsp3) is 0.0435. The summed E-state index contributed by atoms with van der Waals surface area (Å²) in [5.74, 6) is 13.4. The lowest BCUT2D eigenvalue weighted by Gasteiger charge is -2.28. The molecule has 1 aliphatic rings. The Morgan fingerprint density at radius 2 is 1.17 bits per heavy atom. The molecule has 0 saturated carbocycles. The third-order valence-corrected chi connectivity index (χ3v) is 9.20. The predicted octanol–water partition coefficient (Wildman–Crippen LogP) is 8.79. The summed E-state index contributed by atoms with van der Waals surface area (Å²) in [6.45, 7) is 0. The van der Waals surface area contributed by atoms with Gasteiger partial charge in [-0.25, -0.2) is 0 Å². The van der Waals surface area contributed by atoms with Crippen molar-refractivity contribution in [2.45, 2.75) is 11.2 Å². The predicted molar refractivity (Wildman–Crippen MR) is 193 cm³/mol. The van der Waals surface area contributed by atoms with Gasteiger partial charge < -0.3 is 10.2 Å². The molecule has 0 aliphatic heterocycles. The van der Waals surface area contributed by atoms with Crippen LogP contribution in [0.4, 0.5) is 0 Å². The van der Waals surface area contributed by atoms with Gasteiger partial charge in [0.1, 0.15) is 5.60 Å². The molecular weight excluding hydrogens is 585 g/mol. The van der Waals surface area contributed by atoms with Crippen LogP contribution in [0.1, 0.15) is 44.5 Å². The highest BCUT2D eigenvalue weighted by Gasteiger charge is 2.45. The van der Waals surface area contributed by atoms with Gasteiger partial charge in [0.15, 0.2) is 5.60 Å². The van der Waals surface area contributed by atoms with Crippen molar-refractivity contribution in [3.05, 3.63) is 214 Å². The summed E-state index contributed by atoms with van der Waals surface area (Å²) in [4.78, 5) is 0. The highest BCUT2D eigenvalue weighted by Crippen LogP contribution is 2.53. The van der Waals surface area contributed by atoms with E-state index in [-0.39, 0.29) is 0 Å². The van der Waals surface area contributed by atoms with Gasteiger partial charge in [-0.15, -0.1) is 0 Å². The van der Waals surface area contributed by atoms with E-state index < -0.39 is 11.2 Å². The van der Waals surface area contributed by atoms with Gasteiger partial charge in [-0.1, -0.05) is 169 Å². The third-order valence-electron chi connectivity index (χ3n) is 9.20. The van der Waals surface area contributed by atoms with E-state index in [2.05, 4.69) is 41.9 Å². The highest BCUT2D eigenvalue weighted by molar-refractivity contribution is 5.99. The Morgan fingerprint density at radius 1 is 0.542 bits per heavy atom. The van der Waals surface area contributed by atoms with Crippen molar-refractivity contribution in [3.63, 3.8) is 0 Å². The Kier molecular flexibility index (Phi) is 7.25. The van der Waals surface area contributed by atoms with Crippen LogP contribution in [0.3, 0.4) is 0 Å². The lowest BCUT2D eigenvalue weighted by Crippen LogP contribution is -2.28. The zero-order valence-electron chi connectivity index (χ0n) is 26.1. The molecule has 8 rings (SSSR count). The summed E-state index contributed by atoms with van der Waals surface area (Å²) in [5, 5.41) is 27.7. The quantitative estimate of drug-likeness (QED) is 0.195. The van der Waals surface area contributed by atoms with E-state index >= 15 is 0 Å². The molecule has 48 heavy (non-hydrogen) atoms. The van der Waals surface area contributed by atoms with E-state index in [1.807, 2.05) is 152 Å². The van der Waals surface area contributed by atoms with E-state index in [4.69, 9.17) is 0 Å². The Morgan fingerprint density at radius 3 is 1.96 bits per heavy atom. The van der Waals surface area contributed by atoms with Gasteiger partial charge in [-0.05, 0) is 51.7 Å². The summed E-state index contributed by atoms with van der Waals surface area (Å²) in [5.41, 5.74) is 4.46. The molecule has 0 bridgehead atoms. The molecule has 7 aromatic rings. The van der Waals surface area contributed by atoms with Crippen LogP contribution < -0.4 is 0 Å². The number of benzene rings is 7. The molecule has 2 nitrogen and oxygen atoms in total. The Hall–Kier alpha value is -6.16. The van der Waals surface area contributed by atoms with E-state index in [1.54, 1.807) is 0 Å². The average Bonchev–Trinajstić information content (AvgIpc) is 3.42. The summed E-state index contributed by atoms with van der Waals surface area (Å²) >= 11 is 0. The normalized spacial score (nSPS) is 15.6. The number of hydrogen-bond donors (Lipinski definition) is 2. The average molecular weight is 615 g/mol. The SMILES string of the molecule is O[C@](C#Cc1c2c(cc3ccccc13)-c1ccccc1[C@]2(O)c1ccccc1)(c1ccccc1)c1ccccc1C#Cc1ccccc1. The van der Waals surface area contributed by atoms with Crippen molar-refractivity contribution >= 4 is 10.8 Å². The van der Waals surface area contributed by atoms with Gasteiger partial charge in [-0.3, -0.25) is 0 Å². The van der Waals surface area contributed by atoms with Crippen molar-refractivity contribution in [3.8, 4) is 34.8 Å². The minimum atomic E-state index is -1.72. The van der Waals surface area contributed by atoms with Crippen LogP contribution in [0.25, 0.3) is 21.9 Å². The second-order valence-electron chi connectivity index (χ2n) is 12.0. The molecule has 7 aromatic carbocycles. The molecule has 0 amide bonds. The fourth-order valence-corrected chi connectivity index (χ4v) is 6.91. The molecule has 2 N–H and O–H groups in total. The van der Waals surface area contributed by atoms with Crippen molar-refractivity contribution in [2.24, 2.45) is 0 Å². The Labute approximate surface area is 280 Å². The lowest BCUT2D eigenvalue weighted by molar-refractivity contribution is 0.130. The zero-order chi connectivity index (χ0) is 32.6. The minimum absolute atomic E-state index is 0.589. The van der Waals surface area contributed by atoms with Gasteiger partial charge in [0.2, 0.25) is 0 Å². The van der Waals surface area contributed by atoms with Gasteiger partial charge in [0, 0.05) is 38.9 Å². The lowest BCUT2D eigenvalue weighted by atomic mass is 9.80. The molecule has 0 radical (unpaired) electrons. The maximum absolute atomic E-state index is 12.9. The van der Waals surface area contributed by atoms with Gasteiger partial charge in [-0.2, -0.15) is 0 Å². The summed E-state index contributed by atoms with van der Waals surface area (Å²) in [7, 11) is 0. The summed E-state index contributed by atoms with van der Waals surface area (Å²) in [6.07, 6.45) is 0. The van der Waals surface area contributed by atoms with Crippen LogP contribution >= 0.6 is 0 Å². The third kappa shape index (κ3) is 4.80. The van der Waals surface area contributed by atoms with Crippen LogP contribution in [-0.2, 0) is 11.2 Å². The summed E-state index contributed by atoms with van der Waals surface area (Å²) < 4.78 is 0. The molecule has 2 heteroatoms. The monoisotopic (exact) mass is 614 g/mol. The first-order valence-electron chi connectivity index (χ1n) is 16.0. The van der Waals surface area contributed by atoms with Gasteiger partial charge in [0.25, 0.3) is 0 Å². The van der Waals surface area contributed by atoms with Crippen molar-refractivity contribution < 1.29 is 10.2 Å². The first-order chi connectivity index (χ1) is 23.6. The molecule has 0 fully saturated rings. The van der Waals surface area contributed by atoms with E-state index in [0.29, 0.717) is 27.8 Å². The molecule has 0 heterocycles. The van der Waals surface area contributed by atoms with E-state index in [0.717, 1.165) is 38.6 Å². The molecule has 0 aromatic heterocycles. The highest BCUT2D eigenvalue weighted by atomic mass is 16.3. The van der Waals surface area contributed by atoms with Crippen LogP contribution in [0.15, 0.2) is 170 Å². The van der Waals surface area contributed by atoms with Crippen molar-refractivity contribution in [1.29, 1.82) is 0 Å². The maximum Gasteiger partial charge on any atom is 0.178 e. The zero-order valence-corrected chi connectivity index (χ0v) is 26.1. The number of rotatable bonds is 3. The topological polar surface area (TPSA) is 40.5 Å². The maximum atomic E-state index is 12.9. The molecule has 2 atom stereocenters. The molecule has 0 saturated heterocycles. The molecule has 226 valence electrons. The summed E-state index contributed by atoms with van der Waals surface area (Å²) in [6, 6.07) is 55.0. The van der Waals surface area contributed by atoms with Crippen LogP contribution in [-0.4, -0.2) is 10.2 Å². The van der Waals surface area contributed by atoms with Crippen LogP contribution in [0, 0.1) is 23.7 Å².